The van der Waals surface area contributed by atoms with Crippen LogP contribution < -0.4 is 5.32 Å². The summed E-state index contributed by atoms with van der Waals surface area (Å²) in [5.74, 6) is 0.756. The summed E-state index contributed by atoms with van der Waals surface area (Å²) in [4.78, 5) is 5.05. The molecule has 2 atom stereocenters. The van der Waals surface area contributed by atoms with Gasteiger partial charge in [-0.25, -0.2) is 0 Å². The maximum absolute atomic E-state index is 3.72. The number of nitrogens with one attached hydrogen (secondary N) is 1. The molecule has 0 heterocycles. The maximum atomic E-state index is 3.72. The molecule has 19 heavy (non-hydrogen) atoms. The molecule has 0 aromatic rings. The second-order valence-corrected chi connectivity index (χ2v) is 6.71. The van der Waals surface area contributed by atoms with E-state index in [1.165, 1.54) is 45.3 Å². The van der Waals surface area contributed by atoms with Gasteiger partial charge in [-0.05, 0) is 39.4 Å². The van der Waals surface area contributed by atoms with Crippen LogP contribution in [0, 0.1) is 5.92 Å². The van der Waals surface area contributed by atoms with Gasteiger partial charge in [-0.15, -0.1) is 0 Å². The van der Waals surface area contributed by atoms with Crippen LogP contribution in [0.25, 0.3) is 0 Å². The van der Waals surface area contributed by atoms with Crippen LogP contribution in [0.5, 0.6) is 0 Å². The SMILES string of the molecule is CCNC1CCCCC1N(CCN(C)C)CC(C)C. The third-order valence-electron chi connectivity index (χ3n) is 4.10. The van der Waals surface area contributed by atoms with Crippen LogP contribution in [0.15, 0.2) is 0 Å². The predicted molar refractivity (Wildman–Crippen MR) is 84.7 cm³/mol. The Morgan fingerprint density at radius 1 is 1.11 bits per heavy atom. The molecule has 0 amide bonds. The summed E-state index contributed by atoms with van der Waals surface area (Å²) in [5, 5.41) is 3.72. The molecule has 0 spiro atoms. The van der Waals surface area contributed by atoms with E-state index in [0.29, 0.717) is 6.04 Å². The monoisotopic (exact) mass is 269 g/mol. The van der Waals surface area contributed by atoms with Crippen LogP contribution in [0.4, 0.5) is 0 Å². The molecule has 0 saturated heterocycles. The topological polar surface area (TPSA) is 18.5 Å². The zero-order valence-electron chi connectivity index (χ0n) is 13.8. The Hall–Kier alpha value is -0.120. The zero-order chi connectivity index (χ0) is 14.3. The van der Waals surface area contributed by atoms with Gasteiger partial charge in [-0.2, -0.15) is 0 Å². The normalized spacial score (nSPS) is 24.6. The van der Waals surface area contributed by atoms with E-state index in [-0.39, 0.29) is 0 Å². The molecule has 0 aromatic carbocycles. The van der Waals surface area contributed by atoms with E-state index in [2.05, 4.69) is 50.0 Å². The average molecular weight is 269 g/mol. The molecule has 3 heteroatoms. The molecule has 1 aliphatic rings. The molecule has 0 bridgehead atoms. The maximum Gasteiger partial charge on any atom is 0.0249 e. The average Bonchev–Trinajstić information content (AvgIpc) is 2.35. The van der Waals surface area contributed by atoms with Gasteiger partial charge < -0.3 is 10.2 Å². The van der Waals surface area contributed by atoms with Crippen molar-refractivity contribution in [2.24, 2.45) is 5.92 Å². The van der Waals surface area contributed by atoms with Gasteiger partial charge in [0.15, 0.2) is 0 Å². The second-order valence-electron chi connectivity index (χ2n) is 6.71. The summed E-state index contributed by atoms with van der Waals surface area (Å²) >= 11 is 0. The lowest BCUT2D eigenvalue weighted by Crippen LogP contribution is -2.53. The van der Waals surface area contributed by atoms with E-state index in [4.69, 9.17) is 0 Å². The van der Waals surface area contributed by atoms with Crippen LogP contribution in [0.1, 0.15) is 46.5 Å². The molecule has 1 fully saturated rings. The highest BCUT2D eigenvalue weighted by Gasteiger charge is 2.29. The third kappa shape index (κ3) is 6.24. The molecule has 1 aliphatic carbocycles. The number of hydrogen-bond donors (Lipinski definition) is 1. The van der Waals surface area contributed by atoms with Gasteiger partial charge in [0.1, 0.15) is 0 Å². The molecule has 0 radical (unpaired) electrons. The minimum atomic E-state index is 0.708. The molecular weight excluding hydrogens is 234 g/mol. The molecule has 0 aliphatic heterocycles. The van der Waals surface area contributed by atoms with Crippen LogP contribution >= 0.6 is 0 Å². The van der Waals surface area contributed by atoms with E-state index < -0.39 is 0 Å². The van der Waals surface area contributed by atoms with Gasteiger partial charge in [0.05, 0.1) is 0 Å². The Morgan fingerprint density at radius 3 is 2.37 bits per heavy atom. The standard InChI is InChI=1S/C16H35N3/c1-6-17-15-9-7-8-10-16(15)19(13-14(2)3)12-11-18(4)5/h14-17H,6-13H2,1-5H3. The summed E-state index contributed by atoms with van der Waals surface area (Å²) in [5.41, 5.74) is 0. The summed E-state index contributed by atoms with van der Waals surface area (Å²) in [6.07, 6.45) is 5.54. The number of likely N-dealkylation sites (N-methyl/N-ethyl adjacent to an activating group) is 2. The Bertz CT molecular complexity index is 226. The van der Waals surface area contributed by atoms with Gasteiger partial charge >= 0.3 is 0 Å². The van der Waals surface area contributed by atoms with Gasteiger partial charge in [0, 0.05) is 31.7 Å². The van der Waals surface area contributed by atoms with E-state index in [1.807, 2.05) is 0 Å². The van der Waals surface area contributed by atoms with Crippen molar-refractivity contribution < 1.29 is 0 Å². The summed E-state index contributed by atoms with van der Waals surface area (Å²) in [6, 6.07) is 1.45. The first-order chi connectivity index (χ1) is 9.04. The largest absolute Gasteiger partial charge is 0.313 e. The molecule has 114 valence electrons. The van der Waals surface area contributed by atoms with E-state index in [0.717, 1.165) is 18.5 Å². The van der Waals surface area contributed by atoms with Crippen molar-refractivity contribution in [3.8, 4) is 0 Å². The third-order valence-corrected chi connectivity index (χ3v) is 4.10. The van der Waals surface area contributed by atoms with Crippen molar-refractivity contribution in [1.82, 2.24) is 15.1 Å². The molecule has 1 N–H and O–H groups in total. The fraction of sp³-hybridized carbons (Fsp3) is 1.00. The fourth-order valence-corrected chi connectivity index (χ4v) is 3.24. The first-order valence-corrected chi connectivity index (χ1v) is 8.16. The number of rotatable bonds is 8. The zero-order valence-corrected chi connectivity index (χ0v) is 13.8. The van der Waals surface area contributed by atoms with Gasteiger partial charge in [-0.1, -0.05) is 33.6 Å². The second kappa shape index (κ2) is 8.93. The van der Waals surface area contributed by atoms with Gasteiger partial charge in [-0.3, -0.25) is 4.90 Å². The lowest BCUT2D eigenvalue weighted by atomic mass is 9.88. The van der Waals surface area contributed by atoms with Crippen LogP contribution in [0.3, 0.4) is 0 Å². The number of nitrogens with zero attached hydrogens (tertiary/aromatic N) is 2. The summed E-state index contributed by atoms with van der Waals surface area (Å²) in [7, 11) is 4.35. The molecule has 1 saturated carbocycles. The summed E-state index contributed by atoms with van der Waals surface area (Å²) < 4.78 is 0. The molecule has 3 nitrogen and oxygen atoms in total. The van der Waals surface area contributed by atoms with Crippen molar-refractivity contribution in [2.75, 3.05) is 40.3 Å². The Balaban J connectivity index is 2.63. The Kier molecular flexibility index (Phi) is 7.96. The van der Waals surface area contributed by atoms with Crippen molar-refractivity contribution >= 4 is 0 Å². The highest BCUT2D eigenvalue weighted by molar-refractivity contribution is 4.88. The lowest BCUT2D eigenvalue weighted by Gasteiger charge is -2.41. The van der Waals surface area contributed by atoms with Crippen LogP contribution in [0.2, 0.25) is 0 Å². The Labute approximate surface area is 120 Å². The minimum Gasteiger partial charge on any atom is -0.313 e. The molecule has 1 rings (SSSR count). The smallest absolute Gasteiger partial charge is 0.0249 e. The van der Waals surface area contributed by atoms with Crippen LogP contribution in [-0.2, 0) is 0 Å². The lowest BCUT2D eigenvalue weighted by molar-refractivity contribution is 0.102. The first kappa shape index (κ1) is 16.9. The van der Waals surface area contributed by atoms with Crippen molar-refractivity contribution in [3.63, 3.8) is 0 Å². The van der Waals surface area contributed by atoms with Crippen LogP contribution in [-0.4, -0.2) is 62.2 Å². The minimum absolute atomic E-state index is 0.708. The van der Waals surface area contributed by atoms with E-state index in [1.54, 1.807) is 0 Å². The fourth-order valence-electron chi connectivity index (χ4n) is 3.24. The Morgan fingerprint density at radius 2 is 1.79 bits per heavy atom. The predicted octanol–water partition coefficient (Wildman–Crippen LogP) is 2.43. The molecule has 2 unspecified atom stereocenters. The quantitative estimate of drug-likeness (QED) is 0.730. The van der Waals surface area contributed by atoms with E-state index in [9.17, 15) is 0 Å². The highest BCUT2D eigenvalue weighted by atomic mass is 15.2. The van der Waals surface area contributed by atoms with Gasteiger partial charge in [0.2, 0.25) is 0 Å². The number of hydrogen-bond acceptors (Lipinski definition) is 3. The summed E-state index contributed by atoms with van der Waals surface area (Å²) in [6.45, 7) is 11.6. The molecular formula is C16H35N3. The first-order valence-electron chi connectivity index (χ1n) is 8.16. The highest BCUT2D eigenvalue weighted by Crippen LogP contribution is 2.24. The van der Waals surface area contributed by atoms with Gasteiger partial charge in [0.25, 0.3) is 0 Å². The van der Waals surface area contributed by atoms with Crippen molar-refractivity contribution in [2.45, 2.75) is 58.5 Å². The van der Waals surface area contributed by atoms with Crippen molar-refractivity contribution in [3.05, 3.63) is 0 Å². The van der Waals surface area contributed by atoms with Crippen molar-refractivity contribution in [1.29, 1.82) is 0 Å². The van der Waals surface area contributed by atoms with E-state index >= 15 is 0 Å². The molecule has 0 aromatic heterocycles.